The molecule has 2 aliphatic rings. The Kier molecular flexibility index (Phi) is 9.35. The summed E-state index contributed by atoms with van der Waals surface area (Å²) in [5.74, 6) is 0.184. The van der Waals surface area contributed by atoms with E-state index in [1.807, 2.05) is 48.7 Å². The first-order valence-corrected chi connectivity index (χ1v) is 18.1. The summed E-state index contributed by atoms with van der Waals surface area (Å²) in [5, 5.41) is 33.8. The zero-order valence-corrected chi connectivity index (χ0v) is 29.8. The van der Waals surface area contributed by atoms with Gasteiger partial charge in [0.25, 0.3) is 0 Å². The van der Waals surface area contributed by atoms with Crippen molar-refractivity contribution in [2.75, 3.05) is 31.5 Å². The predicted octanol–water partition coefficient (Wildman–Crippen LogP) is 7.20. The summed E-state index contributed by atoms with van der Waals surface area (Å²) >= 11 is 0. The fourth-order valence-electron chi connectivity index (χ4n) is 7.82. The number of carbonyl (C=O) groups is 1. The molecule has 11 heteroatoms. The molecule has 53 heavy (non-hydrogen) atoms. The van der Waals surface area contributed by atoms with Crippen LogP contribution in [0.2, 0.25) is 0 Å². The van der Waals surface area contributed by atoms with Crippen LogP contribution in [0.1, 0.15) is 47.1 Å². The molecule has 3 N–H and O–H groups in total. The number of likely N-dealkylation sites (tertiary alicyclic amines) is 2. The molecule has 2 saturated heterocycles. The van der Waals surface area contributed by atoms with Crippen molar-refractivity contribution in [1.82, 2.24) is 24.8 Å². The Labute approximate surface area is 307 Å². The van der Waals surface area contributed by atoms with Gasteiger partial charge in [-0.2, -0.15) is 5.26 Å². The van der Waals surface area contributed by atoms with Crippen molar-refractivity contribution in [3.8, 4) is 28.7 Å². The van der Waals surface area contributed by atoms with E-state index in [2.05, 4.69) is 58.2 Å². The van der Waals surface area contributed by atoms with Crippen LogP contribution in [-0.4, -0.2) is 73.2 Å². The molecule has 268 valence electrons. The van der Waals surface area contributed by atoms with E-state index in [-0.39, 0.29) is 12.0 Å². The lowest BCUT2D eigenvalue weighted by atomic mass is 9.93. The van der Waals surface area contributed by atoms with Crippen molar-refractivity contribution in [2.24, 2.45) is 5.92 Å². The third-order valence-corrected chi connectivity index (χ3v) is 10.8. The van der Waals surface area contributed by atoms with E-state index in [1.54, 1.807) is 6.20 Å². The van der Waals surface area contributed by atoms with Crippen LogP contribution in [0.4, 0.5) is 11.5 Å². The molecule has 11 nitrogen and oxygen atoms in total. The summed E-state index contributed by atoms with van der Waals surface area (Å²) < 4.78 is 6.29. The lowest BCUT2D eigenvalue weighted by Crippen LogP contribution is -2.35. The molecular formula is C42H41N7O4. The van der Waals surface area contributed by atoms with Gasteiger partial charge in [-0.1, -0.05) is 24.3 Å². The number of rotatable bonds is 9. The van der Waals surface area contributed by atoms with Gasteiger partial charge in [-0.05, 0) is 116 Å². The molecule has 0 bridgehead atoms. The largest absolute Gasteiger partial charge is 0.481 e. The molecule has 1 atom stereocenters. The van der Waals surface area contributed by atoms with Crippen molar-refractivity contribution in [3.05, 3.63) is 101 Å². The first kappa shape index (κ1) is 34.4. The topological polar surface area (TPSA) is 152 Å². The second-order valence-corrected chi connectivity index (χ2v) is 14.3. The Balaban J connectivity index is 1.05. The van der Waals surface area contributed by atoms with Crippen LogP contribution in [-0.2, 0) is 17.9 Å². The van der Waals surface area contributed by atoms with Crippen molar-refractivity contribution in [3.63, 3.8) is 0 Å². The fourth-order valence-corrected chi connectivity index (χ4v) is 7.82. The minimum absolute atomic E-state index is 0.251. The number of hydrogen-bond donors (Lipinski definition) is 3. The third kappa shape index (κ3) is 6.97. The van der Waals surface area contributed by atoms with E-state index in [1.165, 1.54) is 0 Å². The number of piperidine rings is 1. The Morgan fingerprint density at radius 2 is 1.66 bits per heavy atom. The van der Waals surface area contributed by atoms with E-state index in [0.29, 0.717) is 54.3 Å². The standard InChI is InChI=1S/C42H41N7O4/c1-25-33(5-3-7-35(25)41-47-37-19-27(17-31(20-43)39(37)53-41)22-49-16-12-32(50)24-49)34-6-4-8-36(26(34)2)46-40-38-30(9-13-44-40)18-28(21-45-38)23-48-14-10-29(11-15-48)42(51)52/h3-9,13,17-19,21,29,32,50H,10-12,14-16,22-24H2,1-2H3,(H,44,46)(H,51,52)/t32-/m1/s1. The number of β-amino-alcohol motifs (C(OH)–C–C–N with tert-alkyl or cyclic N) is 1. The number of benzene rings is 3. The number of anilines is 2. The highest BCUT2D eigenvalue weighted by Gasteiger charge is 2.25. The smallest absolute Gasteiger partial charge is 0.306 e. The molecule has 0 amide bonds. The number of nitrogens with zero attached hydrogens (tertiary/aromatic N) is 6. The summed E-state index contributed by atoms with van der Waals surface area (Å²) in [4.78, 5) is 30.2. The number of hydrogen-bond acceptors (Lipinski definition) is 10. The highest BCUT2D eigenvalue weighted by atomic mass is 16.4. The van der Waals surface area contributed by atoms with Gasteiger partial charge in [-0.15, -0.1) is 0 Å². The Morgan fingerprint density at radius 3 is 2.42 bits per heavy atom. The van der Waals surface area contributed by atoms with Gasteiger partial charge >= 0.3 is 5.97 Å². The molecule has 0 spiro atoms. The first-order chi connectivity index (χ1) is 25.7. The molecule has 5 heterocycles. The Hall–Kier alpha value is -5.67. The summed E-state index contributed by atoms with van der Waals surface area (Å²) in [7, 11) is 0. The lowest BCUT2D eigenvalue weighted by molar-refractivity contribution is -0.143. The molecular weight excluding hydrogens is 667 g/mol. The lowest BCUT2D eigenvalue weighted by Gasteiger charge is -2.29. The average Bonchev–Trinajstić information content (AvgIpc) is 3.78. The second kappa shape index (κ2) is 14.4. The van der Waals surface area contributed by atoms with Gasteiger partial charge in [0.05, 0.1) is 17.6 Å². The summed E-state index contributed by atoms with van der Waals surface area (Å²) in [6.45, 7) is 8.51. The number of carboxylic acid groups (broad SMARTS) is 1. The van der Waals surface area contributed by atoms with Crippen LogP contribution in [0, 0.1) is 31.1 Å². The number of pyridine rings is 2. The molecule has 2 fully saturated rings. The summed E-state index contributed by atoms with van der Waals surface area (Å²) in [6, 6.07) is 22.5. The number of oxazole rings is 1. The number of nitrogens with one attached hydrogen (secondary N) is 1. The van der Waals surface area contributed by atoms with Crippen LogP contribution in [0.15, 0.2) is 77.5 Å². The van der Waals surface area contributed by atoms with E-state index in [9.17, 15) is 20.3 Å². The minimum atomic E-state index is -0.699. The van der Waals surface area contributed by atoms with Crippen molar-refractivity contribution >= 4 is 39.5 Å². The highest BCUT2D eigenvalue weighted by molar-refractivity contribution is 5.91. The molecule has 0 radical (unpaired) electrons. The minimum Gasteiger partial charge on any atom is -0.481 e. The maximum atomic E-state index is 11.4. The maximum Gasteiger partial charge on any atom is 0.306 e. The molecule has 6 aromatic rings. The normalized spacial score (nSPS) is 17.1. The van der Waals surface area contributed by atoms with Gasteiger partial charge in [-0.3, -0.25) is 19.6 Å². The third-order valence-electron chi connectivity index (χ3n) is 10.8. The quantitative estimate of drug-likeness (QED) is 0.140. The zero-order chi connectivity index (χ0) is 36.6. The van der Waals surface area contributed by atoms with Crippen LogP contribution in [0.3, 0.4) is 0 Å². The maximum absolute atomic E-state index is 11.4. The number of aliphatic hydroxyl groups is 1. The van der Waals surface area contributed by atoms with Crippen LogP contribution in [0.5, 0.6) is 0 Å². The highest BCUT2D eigenvalue weighted by Crippen LogP contribution is 2.38. The van der Waals surface area contributed by atoms with Crippen LogP contribution >= 0.6 is 0 Å². The fraction of sp³-hybridized carbons (Fsp3) is 0.310. The van der Waals surface area contributed by atoms with Crippen LogP contribution < -0.4 is 5.32 Å². The second-order valence-electron chi connectivity index (χ2n) is 14.3. The summed E-state index contributed by atoms with van der Waals surface area (Å²) in [6.07, 6.45) is 5.47. The molecule has 0 unspecified atom stereocenters. The first-order valence-electron chi connectivity index (χ1n) is 18.1. The Morgan fingerprint density at radius 1 is 0.925 bits per heavy atom. The van der Waals surface area contributed by atoms with E-state index in [0.717, 1.165) is 88.1 Å². The van der Waals surface area contributed by atoms with E-state index in [4.69, 9.17) is 14.4 Å². The van der Waals surface area contributed by atoms with Crippen molar-refractivity contribution in [2.45, 2.75) is 52.3 Å². The van der Waals surface area contributed by atoms with Gasteiger partial charge in [0, 0.05) is 55.2 Å². The van der Waals surface area contributed by atoms with Gasteiger partial charge in [0.15, 0.2) is 11.4 Å². The molecule has 8 rings (SSSR count). The molecule has 3 aromatic heterocycles. The number of nitriles is 1. The van der Waals surface area contributed by atoms with Crippen LogP contribution in [0.25, 0.3) is 44.6 Å². The number of aliphatic hydroxyl groups excluding tert-OH is 1. The number of fused-ring (bicyclic) bond motifs is 2. The Bertz CT molecular complexity index is 2390. The molecule has 0 saturated carbocycles. The number of aliphatic carboxylic acids is 1. The molecule has 0 aliphatic carbocycles. The monoisotopic (exact) mass is 707 g/mol. The summed E-state index contributed by atoms with van der Waals surface area (Å²) in [5.41, 5.74) is 10.3. The van der Waals surface area contributed by atoms with Gasteiger partial charge in [-0.25, -0.2) is 9.97 Å². The predicted molar refractivity (Wildman–Crippen MR) is 203 cm³/mol. The zero-order valence-electron chi connectivity index (χ0n) is 29.8. The van der Waals surface area contributed by atoms with Crippen molar-refractivity contribution < 1.29 is 19.4 Å². The number of carboxylic acids is 1. The molecule has 3 aromatic carbocycles. The molecule has 2 aliphatic heterocycles. The van der Waals surface area contributed by atoms with Gasteiger partial charge < -0.3 is 19.9 Å². The van der Waals surface area contributed by atoms with Crippen molar-refractivity contribution in [1.29, 1.82) is 5.26 Å². The van der Waals surface area contributed by atoms with Gasteiger partial charge in [0.2, 0.25) is 5.89 Å². The van der Waals surface area contributed by atoms with E-state index >= 15 is 0 Å². The van der Waals surface area contributed by atoms with Gasteiger partial charge in [0.1, 0.15) is 17.1 Å². The average molecular weight is 708 g/mol. The number of aromatic nitrogens is 3. The SMILES string of the molecule is Cc1c(Nc2nccc3cc(CN4CCC(C(=O)O)CC4)cnc23)cccc1-c1cccc(-c2nc3cc(CN4CC[C@@H](O)C4)cc(C#N)c3o2)c1C. The van der Waals surface area contributed by atoms with E-state index < -0.39 is 5.97 Å².